The molecule has 0 saturated carbocycles. The van der Waals surface area contributed by atoms with Crippen LogP contribution in [0.4, 0.5) is 4.39 Å². The van der Waals surface area contributed by atoms with Crippen LogP contribution in [0.15, 0.2) is 24.3 Å². The van der Waals surface area contributed by atoms with Gasteiger partial charge in [0.2, 0.25) is 5.75 Å². The number of rotatable bonds is 5. The van der Waals surface area contributed by atoms with Crippen molar-refractivity contribution >= 4 is 5.91 Å². The van der Waals surface area contributed by atoms with Gasteiger partial charge in [0.25, 0.3) is 11.8 Å². The molecule has 3 rings (SSSR count). The normalized spacial score (nSPS) is 18.2. The zero-order valence-corrected chi connectivity index (χ0v) is 16.8. The number of nitrogens with one attached hydrogen (secondary N) is 1. The van der Waals surface area contributed by atoms with E-state index in [1.165, 1.54) is 12.1 Å². The minimum Gasteiger partial charge on any atom is -0.501 e. The van der Waals surface area contributed by atoms with E-state index in [-0.39, 0.29) is 29.9 Å². The summed E-state index contributed by atoms with van der Waals surface area (Å²) in [7, 11) is 1.93. The maximum Gasteiger partial charge on any atom is 0.274 e. The second kappa shape index (κ2) is 8.71. The number of hydrogen-bond donors (Lipinski definition) is 3. The van der Waals surface area contributed by atoms with Gasteiger partial charge in [-0.05, 0) is 38.6 Å². The molecule has 1 aromatic heterocycles. The number of benzene rings is 1. The van der Waals surface area contributed by atoms with Crippen molar-refractivity contribution in [2.24, 2.45) is 0 Å². The van der Waals surface area contributed by atoms with E-state index < -0.39 is 17.5 Å². The zero-order chi connectivity index (χ0) is 21.1. The summed E-state index contributed by atoms with van der Waals surface area (Å²) in [6.45, 7) is 6.68. The first-order chi connectivity index (χ1) is 13.8. The molecule has 1 unspecified atom stereocenters. The van der Waals surface area contributed by atoms with Gasteiger partial charge in [-0.3, -0.25) is 14.6 Å². The lowest BCUT2D eigenvalue weighted by molar-refractivity contribution is 0.0695. The van der Waals surface area contributed by atoms with Crippen molar-refractivity contribution in [3.63, 3.8) is 0 Å². The Morgan fingerprint density at radius 1 is 1.24 bits per heavy atom. The summed E-state index contributed by atoms with van der Waals surface area (Å²) in [5.74, 6) is -2.03. The van der Waals surface area contributed by atoms with Crippen molar-refractivity contribution in [3.8, 4) is 11.6 Å². The lowest BCUT2D eigenvalue weighted by atomic mass is 10.1. The molecular formula is C20H26FN5O3. The molecule has 0 radical (unpaired) electrons. The molecule has 1 aromatic carbocycles. The summed E-state index contributed by atoms with van der Waals surface area (Å²) in [5.41, 5.74) is 0.405. The van der Waals surface area contributed by atoms with Crippen molar-refractivity contribution in [1.82, 2.24) is 25.1 Å². The summed E-state index contributed by atoms with van der Waals surface area (Å²) in [6.07, 6.45) is 0. The quantitative estimate of drug-likeness (QED) is 0.698. The number of likely N-dealkylation sites (N-methyl/N-ethyl adjacent to an activating group) is 1. The predicted molar refractivity (Wildman–Crippen MR) is 105 cm³/mol. The maximum atomic E-state index is 13.0. The summed E-state index contributed by atoms with van der Waals surface area (Å²) in [5, 5.41) is 22.8. The van der Waals surface area contributed by atoms with E-state index in [9.17, 15) is 19.4 Å². The van der Waals surface area contributed by atoms with Gasteiger partial charge < -0.3 is 15.5 Å². The highest BCUT2D eigenvalue weighted by molar-refractivity contribution is 5.95. The van der Waals surface area contributed by atoms with Gasteiger partial charge in [0.15, 0.2) is 11.5 Å². The number of amides is 1. The van der Waals surface area contributed by atoms with Crippen LogP contribution in [0.1, 0.15) is 41.8 Å². The van der Waals surface area contributed by atoms with Crippen LogP contribution in [0, 0.1) is 5.82 Å². The highest BCUT2D eigenvalue weighted by Crippen LogP contribution is 2.30. The minimum atomic E-state index is -0.662. The maximum absolute atomic E-state index is 13.0. The van der Waals surface area contributed by atoms with E-state index in [4.69, 9.17) is 0 Å². The third-order valence-corrected chi connectivity index (χ3v) is 5.17. The number of hydrogen-bond acceptors (Lipinski definition) is 7. The fraction of sp³-hybridized carbons (Fsp3) is 0.450. The first-order valence-electron chi connectivity index (χ1n) is 9.53. The van der Waals surface area contributed by atoms with E-state index in [0.29, 0.717) is 18.2 Å². The van der Waals surface area contributed by atoms with E-state index in [2.05, 4.69) is 38.9 Å². The van der Waals surface area contributed by atoms with Crippen molar-refractivity contribution < 1.29 is 19.4 Å². The lowest BCUT2D eigenvalue weighted by Gasteiger charge is -2.40. The molecule has 3 N–H and O–H groups in total. The fourth-order valence-corrected chi connectivity index (χ4v) is 3.28. The van der Waals surface area contributed by atoms with Crippen molar-refractivity contribution in [1.29, 1.82) is 0 Å². The highest BCUT2D eigenvalue weighted by Gasteiger charge is 2.31. The molecular weight excluding hydrogens is 377 g/mol. The standard InChI is InChI=1S/C20H26FN5O3/c1-12(2)26-9-8-25(3)15(11-26)18-23-16(17(27)20(29)24-18)19(28)22-10-13-4-6-14(21)7-5-13/h4-7,12,15,27H,8-11H2,1-3H3,(H,22,28)(H,23,24,29). The smallest absolute Gasteiger partial charge is 0.274 e. The summed E-state index contributed by atoms with van der Waals surface area (Å²) < 4.78 is 13.0. The monoisotopic (exact) mass is 403 g/mol. The van der Waals surface area contributed by atoms with Crippen LogP contribution >= 0.6 is 0 Å². The van der Waals surface area contributed by atoms with Gasteiger partial charge in [0.05, 0.1) is 6.04 Å². The molecule has 1 amide bonds. The van der Waals surface area contributed by atoms with Crippen LogP contribution < -0.4 is 5.32 Å². The topological polar surface area (TPSA) is 102 Å². The van der Waals surface area contributed by atoms with E-state index in [0.717, 1.165) is 13.1 Å². The van der Waals surface area contributed by atoms with E-state index in [1.54, 1.807) is 12.1 Å². The van der Waals surface area contributed by atoms with Gasteiger partial charge in [-0.15, -0.1) is 0 Å². The molecule has 29 heavy (non-hydrogen) atoms. The number of carbonyl (C=O) groups excluding carboxylic acids is 1. The average Bonchev–Trinajstić information content (AvgIpc) is 2.69. The molecule has 8 nitrogen and oxygen atoms in total. The molecule has 156 valence electrons. The molecule has 1 aliphatic heterocycles. The van der Waals surface area contributed by atoms with Crippen LogP contribution in [0.3, 0.4) is 0 Å². The van der Waals surface area contributed by atoms with Gasteiger partial charge in [0, 0.05) is 32.2 Å². The second-order valence-corrected chi connectivity index (χ2v) is 7.50. The van der Waals surface area contributed by atoms with Crippen molar-refractivity contribution in [2.75, 3.05) is 26.7 Å². The molecule has 0 aliphatic carbocycles. The van der Waals surface area contributed by atoms with Gasteiger partial charge in [-0.2, -0.15) is 4.98 Å². The Morgan fingerprint density at radius 3 is 2.59 bits per heavy atom. The van der Waals surface area contributed by atoms with E-state index >= 15 is 0 Å². The molecule has 1 fully saturated rings. The second-order valence-electron chi connectivity index (χ2n) is 7.50. The number of piperazine rings is 1. The number of carbonyl (C=O) groups is 1. The Kier molecular flexibility index (Phi) is 6.29. The van der Waals surface area contributed by atoms with Crippen molar-refractivity contribution in [2.45, 2.75) is 32.5 Å². The average molecular weight is 403 g/mol. The Bertz CT molecular complexity index is 875. The van der Waals surface area contributed by atoms with Gasteiger partial charge >= 0.3 is 0 Å². The van der Waals surface area contributed by atoms with E-state index in [1.807, 2.05) is 7.05 Å². The number of aromatic nitrogens is 2. The lowest BCUT2D eigenvalue weighted by Crippen LogP contribution is -2.49. The Labute approximate surface area is 169 Å². The van der Waals surface area contributed by atoms with Crippen LogP contribution in [0.5, 0.6) is 11.6 Å². The summed E-state index contributed by atoms with van der Waals surface area (Å²) in [6, 6.07) is 5.82. The molecule has 0 bridgehead atoms. The third-order valence-electron chi connectivity index (χ3n) is 5.17. The van der Waals surface area contributed by atoms with Gasteiger partial charge in [-0.25, -0.2) is 9.37 Å². The van der Waals surface area contributed by atoms with Gasteiger partial charge in [-0.1, -0.05) is 12.1 Å². The zero-order valence-electron chi connectivity index (χ0n) is 16.8. The molecule has 1 saturated heterocycles. The minimum absolute atomic E-state index is 0.128. The summed E-state index contributed by atoms with van der Waals surface area (Å²) >= 11 is 0. The highest BCUT2D eigenvalue weighted by atomic mass is 19.1. The molecule has 2 aromatic rings. The van der Waals surface area contributed by atoms with Crippen LogP contribution in [0.25, 0.3) is 0 Å². The molecule has 1 atom stereocenters. The molecule has 0 spiro atoms. The van der Waals surface area contributed by atoms with Gasteiger partial charge in [0.1, 0.15) is 5.82 Å². The Hall–Kier alpha value is -2.78. The SMILES string of the molecule is CC(C)N1CCN(C)C(c2nc(O)c(O)c(C(=O)NCc3ccc(F)cc3)n2)C1. The van der Waals surface area contributed by atoms with Crippen LogP contribution in [-0.4, -0.2) is 68.6 Å². The number of aromatic hydroxyl groups is 2. The first-order valence-corrected chi connectivity index (χ1v) is 9.53. The fourth-order valence-electron chi connectivity index (χ4n) is 3.28. The Morgan fingerprint density at radius 2 is 1.93 bits per heavy atom. The van der Waals surface area contributed by atoms with Crippen molar-refractivity contribution in [3.05, 3.63) is 47.2 Å². The number of halogens is 1. The Balaban J connectivity index is 1.81. The molecule has 2 heterocycles. The predicted octanol–water partition coefficient (Wildman–Crippen LogP) is 1.65. The van der Waals surface area contributed by atoms with Crippen LogP contribution in [-0.2, 0) is 6.54 Å². The molecule has 9 heteroatoms. The first kappa shape index (κ1) is 20.9. The molecule has 1 aliphatic rings. The third kappa shape index (κ3) is 4.80. The summed E-state index contributed by atoms with van der Waals surface area (Å²) in [4.78, 5) is 25.2. The number of nitrogens with zero attached hydrogens (tertiary/aromatic N) is 4. The van der Waals surface area contributed by atoms with Crippen LogP contribution in [0.2, 0.25) is 0 Å². The largest absolute Gasteiger partial charge is 0.501 e.